The number of methoxy groups -OCH3 is 1. The number of cyclic esters (lactones) is 1. The molecule has 1 amide bonds. The normalized spacial score (nSPS) is 16.0. The maximum absolute atomic E-state index is 13.8. The highest BCUT2D eigenvalue weighted by Gasteiger charge is 2.31. The van der Waals surface area contributed by atoms with Gasteiger partial charge in [0.05, 0.1) is 19.1 Å². The van der Waals surface area contributed by atoms with Gasteiger partial charge >= 0.3 is 18.2 Å². The van der Waals surface area contributed by atoms with E-state index in [9.17, 15) is 36.6 Å². The average molecular weight is 644 g/mol. The highest BCUT2D eigenvalue weighted by Crippen LogP contribution is 2.38. The van der Waals surface area contributed by atoms with E-state index in [1.807, 2.05) is 13.0 Å². The molecule has 0 bridgehead atoms. The number of hydrogen-bond acceptors (Lipinski definition) is 4. The predicted octanol–water partition coefficient (Wildman–Crippen LogP) is 9.29. The third kappa shape index (κ3) is 8.32. The molecule has 0 spiro atoms. The number of alkyl halides is 3. The third-order valence-corrected chi connectivity index (χ3v) is 7.68. The van der Waals surface area contributed by atoms with E-state index in [4.69, 9.17) is 9.47 Å². The van der Waals surface area contributed by atoms with Crippen LogP contribution in [0, 0.1) is 18.6 Å². The minimum absolute atomic E-state index is 0.0964. The zero-order valence-corrected chi connectivity index (χ0v) is 25.6. The highest BCUT2D eigenvalue weighted by atomic mass is 19.4. The maximum Gasteiger partial charge on any atom is 0.410 e. The second-order valence-electron chi connectivity index (χ2n) is 11.0. The lowest BCUT2D eigenvalue weighted by Gasteiger charge is -2.33. The fourth-order valence-corrected chi connectivity index (χ4v) is 5.32. The average Bonchev–Trinajstić information content (AvgIpc) is 3.01. The van der Waals surface area contributed by atoms with Gasteiger partial charge in [-0.3, -0.25) is 0 Å². The Balaban J connectivity index is 1.73. The van der Waals surface area contributed by atoms with Gasteiger partial charge in [0.2, 0.25) is 0 Å². The number of allylic oxidation sites excluding steroid dienone is 2. The molecule has 4 rings (SSSR count). The van der Waals surface area contributed by atoms with Crippen molar-refractivity contribution in [2.75, 3.05) is 20.2 Å². The van der Waals surface area contributed by atoms with Gasteiger partial charge in [-0.05, 0) is 83.1 Å². The van der Waals surface area contributed by atoms with Crippen molar-refractivity contribution >= 4 is 17.6 Å². The first-order chi connectivity index (χ1) is 21.8. The number of aryl methyl sites for hydroxylation is 1. The molecule has 0 radical (unpaired) electrons. The molecule has 3 aromatic carbocycles. The molecule has 1 fully saturated rings. The number of halogens is 5. The summed E-state index contributed by atoms with van der Waals surface area (Å²) >= 11 is 0. The molecule has 1 saturated heterocycles. The number of ether oxygens (including phenoxy) is 2. The van der Waals surface area contributed by atoms with Crippen LogP contribution >= 0.6 is 0 Å². The maximum atomic E-state index is 13.8. The van der Waals surface area contributed by atoms with Gasteiger partial charge in [0.15, 0.2) is 11.6 Å². The Morgan fingerprint density at radius 3 is 2.43 bits per heavy atom. The molecule has 1 heterocycles. The van der Waals surface area contributed by atoms with Gasteiger partial charge in [-0.1, -0.05) is 43.7 Å². The zero-order chi connectivity index (χ0) is 33.6. The molecule has 0 saturated carbocycles. The molecule has 1 atom stereocenters. The van der Waals surface area contributed by atoms with Crippen molar-refractivity contribution < 1.29 is 46.1 Å². The van der Waals surface area contributed by atoms with Crippen LogP contribution in [0.2, 0.25) is 0 Å². The number of benzene rings is 3. The number of hydrogen-bond donors (Lipinski definition) is 1. The number of carbonyl (C=O) groups excluding carboxylic acids is 1. The molecular formula is C35H34F5NO5. The smallest absolute Gasteiger partial charge is 0.410 e. The number of carboxylic acids is 1. The number of carbonyl (C=O) groups is 2. The summed E-state index contributed by atoms with van der Waals surface area (Å²) in [5, 5.41) is 9.38. The number of amides is 1. The van der Waals surface area contributed by atoms with Gasteiger partial charge < -0.3 is 19.5 Å². The lowest BCUT2D eigenvalue weighted by molar-refractivity contribution is -0.125. The van der Waals surface area contributed by atoms with Crippen molar-refractivity contribution in [3.63, 3.8) is 0 Å². The van der Waals surface area contributed by atoms with Crippen LogP contribution in [0.15, 0.2) is 72.3 Å². The third-order valence-electron chi connectivity index (χ3n) is 7.68. The van der Waals surface area contributed by atoms with Gasteiger partial charge in [0.25, 0.3) is 0 Å². The molecule has 1 aliphatic rings. The van der Waals surface area contributed by atoms with Crippen LogP contribution in [0.4, 0.5) is 26.7 Å². The van der Waals surface area contributed by atoms with Gasteiger partial charge in [-0.15, -0.1) is 0 Å². The van der Waals surface area contributed by atoms with E-state index in [1.54, 1.807) is 37.3 Å². The van der Waals surface area contributed by atoms with E-state index in [1.165, 1.54) is 24.1 Å². The molecule has 6 nitrogen and oxygen atoms in total. The first-order valence-corrected chi connectivity index (χ1v) is 14.7. The Bertz CT molecular complexity index is 1660. The van der Waals surface area contributed by atoms with E-state index < -0.39 is 42.4 Å². The molecule has 0 aromatic heterocycles. The molecule has 0 aliphatic carbocycles. The summed E-state index contributed by atoms with van der Waals surface area (Å²) in [7, 11) is 1.45. The van der Waals surface area contributed by atoms with Gasteiger partial charge in [0.1, 0.15) is 11.9 Å². The fraction of sp³-hybridized carbons (Fsp3) is 0.314. The van der Waals surface area contributed by atoms with E-state index in [2.05, 4.69) is 0 Å². The number of aromatic carboxylic acids is 1. The number of carboxylic acid groups (broad SMARTS) is 1. The van der Waals surface area contributed by atoms with Crippen LogP contribution in [-0.4, -0.2) is 48.4 Å². The Kier molecular flexibility index (Phi) is 10.9. The van der Waals surface area contributed by atoms with Crippen LogP contribution in [-0.2, 0) is 4.74 Å². The summed E-state index contributed by atoms with van der Waals surface area (Å²) < 4.78 is 79.1. The second-order valence-corrected chi connectivity index (χ2v) is 11.0. The Hall–Kier alpha value is -4.67. The molecular weight excluding hydrogens is 609 g/mol. The van der Waals surface area contributed by atoms with Gasteiger partial charge in [0, 0.05) is 25.1 Å². The monoisotopic (exact) mass is 643 g/mol. The SMILES string of the molecule is CCC/C=C(\C(=C/CC(F)(F)F)CN1CC[C@@H](c2ccc(F)c(F)c2)OC1=O)c1cc(-c2ccc(C(=O)O)cc2C)ccc1OC. The number of rotatable bonds is 11. The van der Waals surface area contributed by atoms with Crippen LogP contribution in [0.5, 0.6) is 5.75 Å². The summed E-state index contributed by atoms with van der Waals surface area (Å²) in [5.74, 6) is -2.79. The molecule has 1 aliphatic heterocycles. The van der Waals surface area contributed by atoms with Crippen molar-refractivity contribution in [1.82, 2.24) is 4.90 Å². The molecule has 3 aromatic rings. The quantitative estimate of drug-likeness (QED) is 0.167. The number of nitrogens with zero attached hydrogens (tertiary/aromatic N) is 1. The zero-order valence-electron chi connectivity index (χ0n) is 25.6. The van der Waals surface area contributed by atoms with E-state index in [0.717, 1.165) is 23.8 Å². The molecule has 11 heteroatoms. The Morgan fingerprint density at radius 1 is 1.07 bits per heavy atom. The predicted molar refractivity (Wildman–Crippen MR) is 164 cm³/mol. The van der Waals surface area contributed by atoms with Crippen LogP contribution in [0.3, 0.4) is 0 Å². The van der Waals surface area contributed by atoms with Crippen molar-refractivity contribution in [3.8, 4) is 16.9 Å². The summed E-state index contributed by atoms with van der Waals surface area (Å²) in [6, 6.07) is 13.2. The van der Waals surface area contributed by atoms with Crippen LogP contribution in [0.25, 0.3) is 16.7 Å². The van der Waals surface area contributed by atoms with Crippen molar-refractivity contribution in [3.05, 3.63) is 106 Å². The second kappa shape index (κ2) is 14.6. The summed E-state index contributed by atoms with van der Waals surface area (Å²) in [6.07, 6.45) is -3.13. The first-order valence-electron chi connectivity index (χ1n) is 14.7. The minimum atomic E-state index is -4.52. The summed E-state index contributed by atoms with van der Waals surface area (Å²) in [6.45, 7) is 3.58. The lowest BCUT2D eigenvalue weighted by atomic mass is 9.90. The van der Waals surface area contributed by atoms with E-state index in [0.29, 0.717) is 40.9 Å². The molecule has 1 N–H and O–H groups in total. The fourth-order valence-electron chi connectivity index (χ4n) is 5.32. The van der Waals surface area contributed by atoms with Crippen molar-refractivity contribution in [2.45, 2.75) is 51.8 Å². The molecule has 244 valence electrons. The van der Waals surface area contributed by atoms with Gasteiger partial charge in [-0.25, -0.2) is 18.4 Å². The van der Waals surface area contributed by atoms with Crippen LogP contribution < -0.4 is 4.74 Å². The topological polar surface area (TPSA) is 76.1 Å². The highest BCUT2D eigenvalue weighted by molar-refractivity contribution is 5.90. The molecule has 0 unspecified atom stereocenters. The van der Waals surface area contributed by atoms with E-state index in [-0.39, 0.29) is 36.2 Å². The standard InChI is InChI=1S/C35H34F5NO5/c1-4-5-6-27(28-18-22(9-12-32(28)45-3)26-10-7-24(33(42)43)17-21(26)2)25(13-15-35(38,39)40)20-41-16-14-31(46-34(41)44)23-8-11-29(36)30(37)19-23/h6-13,17-19,31H,4-5,14-16,20H2,1-3H3,(H,42,43)/b25-13-,27-6+/t31-/m0/s1. The Morgan fingerprint density at radius 2 is 1.83 bits per heavy atom. The van der Waals surface area contributed by atoms with Crippen molar-refractivity contribution in [1.29, 1.82) is 0 Å². The summed E-state index contributed by atoms with van der Waals surface area (Å²) in [4.78, 5) is 25.9. The number of unbranched alkanes of at least 4 members (excludes halogenated alkanes) is 1. The minimum Gasteiger partial charge on any atom is -0.496 e. The van der Waals surface area contributed by atoms with Gasteiger partial charge in [-0.2, -0.15) is 13.2 Å². The molecule has 46 heavy (non-hydrogen) atoms. The Labute approximate surface area is 263 Å². The lowest BCUT2D eigenvalue weighted by Crippen LogP contribution is -2.40. The van der Waals surface area contributed by atoms with Crippen molar-refractivity contribution in [2.24, 2.45) is 0 Å². The first kappa shape index (κ1) is 34.2. The largest absolute Gasteiger partial charge is 0.496 e. The van der Waals surface area contributed by atoms with E-state index >= 15 is 0 Å². The van der Waals surface area contributed by atoms with Crippen LogP contribution in [0.1, 0.15) is 65.8 Å². The summed E-state index contributed by atoms with van der Waals surface area (Å²) in [5.41, 5.74) is 3.67.